The van der Waals surface area contributed by atoms with Crippen molar-refractivity contribution in [1.29, 1.82) is 0 Å². The number of nitrogens with one attached hydrogen (secondary N) is 1. The molecule has 1 heterocycles. The molecule has 4 heteroatoms. The van der Waals surface area contributed by atoms with Crippen molar-refractivity contribution in [2.75, 3.05) is 17.6 Å². The molecule has 2 aromatic carbocycles. The van der Waals surface area contributed by atoms with Crippen molar-refractivity contribution >= 4 is 22.5 Å². The number of nitrogens with two attached hydrogens (primary N) is 1. The normalized spacial score (nSPS) is 11.0. The zero-order chi connectivity index (χ0) is 14.8. The van der Waals surface area contributed by atoms with Crippen LogP contribution in [0, 0.1) is 6.92 Å². The van der Waals surface area contributed by atoms with E-state index in [2.05, 4.69) is 17.2 Å². The van der Waals surface area contributed by atoms with E-state index in [1.165, 1.54) is 0 Å². The lowest BCUT2D eigenvalue weighted by atomic mass is 10.1. The standard InChI is InChI=1S/C17H19N3O/c1-3-8-19-14-7-5-12(18)10-13(14)17-20-15-6-4-11(2)9-16(15)21-17/h4-7,9-10,19H,3,8,18H2,1-2H3. The van der Waals surface area contributed by atoms with Gasteiger partial charge in [-0.15, -0.1) is 0 Å². The summed E-state index contributed by atoms with van der Waals surface area (Å²) in [5.74, 6) is 0.599. The van der Waals surface area contributed by atoms with E-state index in [1.807, 2.05) is 43.3 Å². The van der Waals surface area contributed by atoms with Gasteiger partial charge in [0.15, 0.2) is 5.58 Å². The van der Waals surface area contributed by atoms with Gasteiger partial charge in [0, 0.05) is 17.9 Å². The summed E-state index contributed by atoms with van der Waals surface area (Å²) in [6.45, 7) is 5.07. The lowest BCUT2D eigenvalue weighted by Gasteiger charge is -2.09. The molecule has 0 atom stereocenters. The van der Waals surface area contributed by atoms with Crippen LogP contribution in [0.4, 0.5) is 11.4 Å². The number of hydrogen-bond acceptors (Lipinski definition) is 4. The molecule has 0 aliphatic rings. The van der Waals surface area contributed by atoms with Crippen molar-refractivity contribution in [3.8, 4) is 11.5 Å². The number of rotatable bonds is 4. The van der Waals surface area contributed by atoms with Gasteiger partial charge in [0.05, 0.1) is 5.56 Å². The van der Waals surface area contributed by atoms with Gasteiger partial charge in [0.1, 0.15) is 5.52 Å². The Morgan fingerprint density at radius 1 is 1.19 bits per heavy atom. The van der Waals surface area contributed by atoms with Crippen LogP contribution in [0.15, 0.2) is 40.8 Å². The van der Waals surface area contributed by atoms with Crippen LogP contribution in [-0.2, 0) is 0 Å². The topological polar surface area (TPSA) is 64.1 Å². The second kappa shape index (κ2) is 5.48. The fourth-order valence-corrected chi connectivity index (χ4v) is 2.30. The Bertz CT molecular complexity index is 777. The number of fused-ring (bicyclic) bond motifs is 1. The molecule has 0 aliphatic heterocycles. The maximum Gasteiger partial charge on any atom is 0.229 e. The molecular weight excluding hydrogens is 262 g/mol. The highest BCUT2D eigenvalue weighted by Crippen LogP contribution is 2.32. The van der Waals surface area contributed by atoms with Crippen molar-refractivity contribution in [2.45, 2.75) is 20.3 Å². The van der Waals surface area contributed by atoms with E-state index in [-0.39, 0.29) is 0 Å². The van der Waals surface area contributed by atoms with Crippen LogP contribution in [0.2, 0.25) is 0 Å². The van der Waals surface area contributed by atoms with Gasteiger partial charge in [0.2, 0.25) is 5.89 Å². The minimum atomic E-state index is 0.599. The highest BCUT2D eigenvalue weighted by molar-refractivity contribution is 5.82. The number of anilines is 2. The highest BCUT2D eigenvalue weighted by Gasteiger charge is 2.13. The lowest BCUT2D eigenvalue weighted by Crippen LogP contribution is -2.02. The number of oxazole rings is 1. The van der Waals surface area contributed by atoms with E-state index in [1.54, 1.807) is 0 Å². The molecule has 0 aliphatic carbocycles. The van der Waals surface area contributed by atoms with Crippen molar-refractivity contribution in [1.82, 2.24) is 4.98 Å². The van der Waals surface area contributed by atoms with Crippen LogP contribution < -0.4 is 11.1 Å². The first-order valence-electron chi connectivity index (χ1n) is 7.18. The molecular formula is C17H19N3O. The molecule has 0 saturated carbocycles. The fraction of sp³-hybridized carbons (Fsp3) is 0.235. The highest BCUT2D eigenvalue weighted by atomic mass is 16.3. The van der Waals surface area contributed by atoms with Gasteiger partial charge in [-0.05, 0) is 49.2 Å². The molecule has 4 nitrogen and oxygen atoms in total. The third-order valence-corrected chi connectivity index (χ3v) is 3.38. The average Bonchev–Trinajstić information content (AvgIpc) is 2.88. The van der Waals surface area contributed by atoms with Crippen molar-refractivity contribution in [3.05, 3.63) is 42.0 Å². The Morgan fingerprint density at radius 2 is 2.05 bits per heavy atom. The number of benzene rings is 2. The summed E-state index contributed by atoms with van der Waals surface area (Å²) >= 11 is 0. The number of hydrogen-bond donors (Lipinski definition) is 2. The summed E-state index contributed by atoms with van der Waals surface area (Å²) < 4.78 is 5.90. The summed E-state index contributed by atoms with van der Waals surface area (Å²) in [6.07, 6.45) is 1.05. The Kier molecular flexibility index (Phi) is 3.52. The minimum Gasteiger partial charge on any atom is -0.436 e. The first-order valence-corrected chi connectivity index (χ1v) is 7.18. The molecule has 0 spiro atoms. The quantitative estimate of drug-likeness (QED) is 0.703. The van der Waals surface area contributed by atoms with E-state index in [0.717, 1.165) is 40.9 Å². The first-order chi connectivity index (χ1) is 10.2. The molecule has 0 amide bonds. The molecule has 108 valence electrons. The largest absolute Gasteiger partial charge is 0.436 e. The monoisotopic (exact) mass is 281 g/mol. The van der Waals surface area contributed by atoms with Gasteiger partial charge in [0.25, 0.3) is 0 Å². The van der Waals surface area contributed by atoms with Crippen molar-refractivity contribution < 1.29 is 4.42 Å². The van der Waals surface area contributed by atoms with Crippen LogP contribution in [0.25, 0.3) is 22.6 Å². The Hall–Kier alpha value is -2.49. The Morgan fingerprint density at radius 3 is 2.86 bits per heavy atom. The van der Waals surface area contributed by atoms with E-state index in [0.29, 0.717) is 11.6 Å². The number of aromatic nitrogens is 1. The number of nitrogens with zero attached hydrogens (tertiary/aromatic N) is 1. The molecule has 3 N–H and O–H groups in total. The first kappa shape index (κ1) is 13.5. The minimum absolute atomic E-state index is 0.599. The Balaban J connectivity index is 2.10. The van der Waals surface area contributed by atoms with Gasteiger partial charge in [-0.25, -0.2) is 4.98 Å². The summed E-state index contributed by atoms with van der Waals surface area (Å²) in [5.41, 5.74) is 11.3. The van der Waals surface area contributed by atoms with Gasteiger partial charge < -0.3 is 15.5 Å². The van der Waals surface area contributed by atoms with Gasteiger partial charge in [-0.3, -0.25) is 0 Å². The third-order valence-electron chi connectivity index (χ3n) is 3.38. The van der Waals surface area contributed by atoms with Crippen LogP contribution in [0.5, 0.6) is 0 Å². The second-order valence-corrected chi connectivity index (χ2v) is 5.22. The maximum absolute atomic E-state index is 5.91. The Labute approximate surface area is 124 Å². The fourth-order valence-electron chi connectivity index (χ4n) is 2.30. The van der Waals surface area contributed by atoms with E-state index in [4.69, 9.17) is 10.2 Å². The van der Waals surface area contributed by atoms with Gasteiger partial charge in [-0.2, -0.15) is 0 Å². The van der Waals surface area contributed by atoms with E-state index < -0.39 is 0 Å². The summed E-state index contributed by atoms with van der Waals surface area (Å²) in [5, 5.41) is 3.39. The molecule has 0 bridgehead atoms. The molecule has 3 aromatic rings. The SMILES string of the molecule is CCCNc1ccc(N)cc1-c1nc2ccc(C)cc2o1. The summed E-state index contributed by atoms with van der Waals surface area (Å²) in [6, 6.07) is 11.8. The number of nitrogen functional groups attached to an aromatic ring is 1. The molecule has 0 unspecified atom stereocenters. The maximum atomic E-state index is 5.91. The van der Waals surface area contributed by atoms with Crippen LogP contribution in [-0.4, -0.2) is 11.5 Å². The molecule has 3 rings (SSSR count). The summed E-state index contributed by atoms with van der Waals surface area (Å²) in [4.78, 5) is 4.57. The number of aryl methyl sites for hydroxylation is 1. The molecule has 21 heavy (non-hydrogen) atoms. The lowest BCUT2D eigenvalue weighted by molar-refractivity contribution is 0.620. The smallest absolute Gasteiger partial charge is 0.229 e. The van der Waals surface area contributed by atoms with E-state index >= 15 is 0 Å². The van der Waals surface area contributed by atoms with Crippen LogP contribution >= 0.6 is 0 Å². The second-order valence-electron chi connectivity index (χ2n) is 5.22. The predicted molar refractivity (Wildman–Crippen MR) is 87.4 cm³/mol. The molecule has 0 fully saturated rings. The average molecular weight is 281 g/mol. The van der Waals surface area contributed by atoms with E-state index in [9.17, 15) is 0 Å². The summed E-state index contributed by atoms with van der Waals surface area (Å²) in [7, 11) is 0. The zero-order valence-electron chi connectivity index (χ0n) is 12.3. The van der Waals surface area contributed by atoms with Crippen LogP contribution in [0.3, 0.4) is 0 Å². The van der Waals surface area contributed by atoms with Crippen molar-refractivity contribution in [2.24, 2.45) is 0 Å². The van der Waals surface area contributed by atoms with Crippen LogP contribution in [0.1, 0.15) is 18.9 Å². The molecule has 1 aromatic heterocycles. The van der Waals surface area contributed by atoms with Gasteiger partial charge >= 0.3 is 0 Å². The van der Waals surface area contributed by atoms with Gasteiger partial charge in [-0.1, -0.05) is 13.0 Å². The predicted octanol–water partition coefficient (Wildman–Crippen LogP) is 4.21. The molecule has 0 saturated heterocycles. The third kappa shape index (κ3) is 2.70. The molecule has 0 radical (unpaired) electrons. The van der Waals surface area contributed by atoms with Crippen molar-refractivity contribution in [3.63, 3.8) is 0 Å². The zero-order valence-corrected chi connectivity index (χ0v) is 12.3.